The highest BCUT2D eigenvalue weighted by Gasteiger charge is 2.23. The quantitative estimate of drug-likeness (QED) is 0.758. The summed E-state index contributed by atoms with van der Waals surface area (Å²) in [5, 5.41) is 3.48. The van der Waals surface area contributed by atoms with E-state index in [1.165, 1.54) is 0 Å². The minimum Gasteiger partial charge on any atom is -0.326 e. The molecule has 0 bridgehead atoms. The molecule has 1 N–H and O–H groups in total. The number of carbonyl (C=O) groups excluding carboxylic acids is 1. The second-order valence-corrected chi connectivity index (χ2v) is 5.45. The first-order chi connectivity index (χ1) is 7.65. The van der Waals surface area contributed by atoms with Gasteiger partial charge in [-0.05, 0) is 25.0 Å². The maximum absolute atomic E-state index is 11.9. The van der Waals surface area contributed by atoms with Crippen molar-refractivity contribution in [2.45, 2.75) is 37.5 Å². The zero-order chi connectivity index (χ0) is 11.5. The molecular weight excluding hydrogens is 245 g/mol. The summed E-state index contributed by atoms with van der Waals surface area (Å²) in [5.41, 5.74) is 0.744. The lowest BCUT2D eigenvalue weighted by atomic mass is 10.1. The van der Waals surface area contributed by atoms with Crippen LogP contribution in [0.25, 0.3) is 0 Å². The Morgan fingerprint density at radius 3 is 2.69 bits per heavy atom. The third-order valence-electron chi connectivity index (χ3n) is 3.06. The summed E-state index contributed by atoms with van der Waals surface area (Å²) < 4.78 is 0. The molecule has 1 amide bonds. The van der Waals surface area contributed by atoms with Crippen molar-refractivity contribution in [2.75, 3.05) is 0 Å². The van der Waals surface area contributed by atoms with E-state index < -0.39 is 0 Å². The largest absolute Gasteiger partial charge is 0.326 e. The molecule has 2 aliphatic carbocycles. The number of hydrogen-bond acceptors (Lipinski definition) is 1. The second-order valence-electron chi connectivity index (χ2n) is 4.40. The third-order valence-corrected chi connectivity index (χ3v) is 3.60. The smallest absolute Gasteiger partial charge is 0.227 e. The number of hydrogen-bond donors (Lipinski definition) is 1. The molecule has 2 nitrogen and oxygen atoms in total. The molecule has 2 rings (SSSR count). The number of alkyl halides is 1. The highest BCUT2D eigenvalue weighted by molar-refractivity contribution is 6.31. The van der Waals surface area contributed by atoms with Crippen molar-refractivity contribution in [3.8, 4) is 0 Å². The third kappa shape index (κ3) is 3.02. The van der Waals surface area contributed by atoms with Crippen LogP contribution in [0.2, 0.25) is 0 Å². The van der Waals surface area contributed by atoms with Gasteiger partial charge in [-0.25, -0.2) is 0 Å². The first kappa shape index (κ1) is 12.0. The normalized spacial score (nSPS) is 26.2. The van der Waals surface area contributed by atoms with Gasteiger partial charge in [0.05, 0.1) is 5.38 Å². The van der Waals surface area contributed by atoms with Crippen molar-refractivity contribution in [1.82, 2.24) is 5.32 Å². The van der Waals surface area contributed by atoms with Crippen LogP contribution in [0.5, 0.6) is 0 Å². The second kappa shape index (κ2) is 5.24. The van der Waals surface area contributed by atoms with Gasteiger partial charge in [0.2, 0.25) is 5.91 Å². The molecule has 1 saturated carbocycles. The zero-order valence-corrected chi connectivity index (χ0v) is 10.5. The number of amides is 1. The standard InChI is InChI=1S/C12H15Cl2NO/c13-9-5-10(14)7-11(6-9)15-12(16)8-3-1-2-4-8/h6-9H,1-5H2,(H,15,16). The summed E-state index contributed by atoms with van der Waals surface area (Å²) in [4.78, 5) is 11.9. The van der Waals surface area contributed by atoms with Gasteiger partial charge in [0.25, 0.3) is 0 Å². The number of carbonyl (C=O) groups is 1. The summed E-state index contributed by atoms with van der Waals surface area (Å²) in [6.45, 7) is 0. The van der Waals surface area contributed by atoms with Gasteiger partial charge >= 0.3 is 0 Å². The summed E-state index contributed by atoms with van der Waals surface area (Å²) in [5.74, 6) is 0.277. The average Bonchev–Trinajstić information content (AvgIpc) is 2.68. The highest BCUT2D eigenvalue weighted by atomic mass is 35.5. The number of nitrogens with one attached hydrogen (secondary N) is 1. The van der Waals surface area contributed by atoms with E-state index in [1.807, 2.05) is 6.08 Å². The fraction of sp³-hybridized carbons (Fsp3) is 0.583. The molecule has 16 heavy (non-hydrogen) atoms. The van der Waals surface area contributed by atoms with Crippen molar-refractivity contribution in [3.63, 3.8) is 0 Å². The molecule has 4 heteroatoms. The van der Waals surface area contributed by atoms with Crippen LogP contribution in [0.4, 0.5) is 0 Å². The summed E-state index contributed by atoms with van der Waals surface area (Å²) >= 11 is 11.9. The maximum Gasteiger partial charge on any atom is 0.227 e. The van der Waals surface area contributed by atoms with Crippen molar-refractivity contribution in [1.29, 1.82) is 0 Å². The molecule has 0 aliphatic heterocycles. The van der Waals surface area contributed by atoms with Crippen LogP contribution >= 0.6 is 23.2 Å². The molecule has 2 aliphatic rings. The Labute approximate surface area is 106 Å². The molecule has 1 fully saturated rings. The van der Waals surface area contributed by atoms with Crippen LogP contribution < -0.4 is 5.32 Å². The summed E-state index contributed by atoms with van der Waals surface area (Å²) in [6, 6.07) is 0. The molecule has 1 atom stereocenters. The van der Waals surface area contributed by atoms with Crippen LogP contribution in [0.15, 0.2) is 22.9 Å². The van der Waals surface area contributed by atoms with Crippen LogP contribution in [0, 0.1) is 5.92 Å². The first-order valence-electron chi connectivity index (χ1n) is 5.68. The zero-order valence-electron chi connectivity index (χ0n) is 9.01. The van der Waals surface area contributed by atoms with Crippen LogP contribution in [0.3, 0.4) is 0 Å². The lowest BCUT2D eigenvalue weighted by Crippen LogP contribution is -2.29. The summed E-state index contributed by atoms with van der Waals surface area (Å²) in [6.07, 6.45) is 8.60. The van der Waals surface area contributed by atoms with Crippen molar-refractivity contribution < 1.29 is 4.79 Å². The van der Waals surface area contributed by atoms with E-state index in [0.717, 1.165) is 31.4 Å². The lowest BCUT2D eigenvalue weighted by Gasteiger charge is -2.16. The number of allylic oxidation sites excluding steroid dienone is 3. The van der Waals surface area contributed by atoms with Gasteiger partial charge in [0, 0.05) is 23.1 Å². The molecule has 0 spiro atoms. The van der Waals surface area contributed by atoms with Crippen molar-refractivity contribution in [2.24, 2.45) is 5.92 Å². The van der Waals surface area contributed by atoms with Gasteiger partial charge in [-0.2, -0.15) is 0 Å². The Kier molecular flexibility index (Phi) is 3.93. The van der Waals surface area contributed by atoms with Gasteiger partial charge in [-0.15, -0.1) is 11.6 Å². The topological polar surface area (TPSA) is 29.1 Å². The molecule has 0 aromatic heterocycles. The highest BCUT2D eigenvalue weighted by Crippen LogP contribution is 2.26. The Morgan fingerprint density at radius 1 is 1.38 bits per heavy atom. The van der Waals surface area contributed by atoms with Crippen LogP contribution in [-0.2, 0) is 4.79 Å². The Hall–Kier alpha value is -0.470. The Morgan fingerprint density at radius 2 is 2.06 bits per heavy atom. The van der Waals surface area contributed by atoms with E-state index in [-0.39, 0.29) is 17.2 Å². The fourth-order valence-corrected chi connectivity index (χ4v) is 2.89. The first-order valence-corrected chi connectivity index (χ1v) is 6.49. The van der Waals surface area contributed by atoms with Crippen LogP contribution in [0.1, 0.15) is 32.1 Å². The molecule has 0 aromatic carbocycles. The van der Waals surface area contributed by atoms with E-state index in [4.69, 9.17) is 23.2 Å². The molecular formula is C12H15Cl2NO. The van der Waals surface area contributed by atoms with E-state index >= 15 is 0 Å². The van der Waals surface area contributed by atoms with Gasteiger partial charge in [0.15, 0.2) is 0 Å². The Bertz CT molecular complexity index is 343. The van der Waals surface area contributed by atoms with E-state index in [2.05, 4.69) is 5.32 Å². The molecule has 0 saturated heterocycles. The fourth-order valence-electron chi connectivity index (χ4n) is 2.23. The van der Waals surface area contributed by atoms with Crippen LogP contribution in [-0.4, -0.2) is 11.3 Å². The number of halogens is 2. The molecule has 0 heterocycles. The Balaban J connectivity index is 1.96. The monoisotopic (exact) mass is 259 g/mol. The molecule has 88 valence electrons. The van der Waals surface area contributed by atoms with E-state index in [9.17, 15) is 4.79 Å². The van der Waals surface area contributed by atoms with Crippen molar-refractivity contribution in [3.05, 3.63) is 22.9 Å². The predicted molar refractivity (Wildman–Crippen MR) is 66.4 cm³/mol. The minimum atomic E-state index is -0.114. The van der Waals surface area contributed by atoms with Gasteiger partial charge in [-0.3, -0.25) is 4.79 Å². The number of rotatable bonds is 2. The minimum absolute atomic E-state index is 0.107. The molecule has 0 radical (unpaired) electrons. The molecule has 0 aromatic rings. The maximum atomic E-state index is 11.9. The predicted octanol–water partition coefficient (Wildman–Crippen LogP) is 3.31. The van der Waals surface area contributed by atoms with Crippen molar-refractivity contribution >= 4 is 29.1 Å². The lowest BCUT2D eigenvalue weighted by molar-refractivity contribution is -0.124. The van der Waals surface area contributed by atoms with Gasteiger partial charge in [-0.1, -0.05) is 24.4 Å². The SMILES string of the molecule is O=C(NC1=CC(Cl)CC(Cl)=C1)C1CCCC1. The van der Waals surface area contributed by atoms with Gasteiger partial charge < -0.3 is 5.32 Å². The van der Waals surface area contributed by atoms with Gasteiger partial charge in [0.1, 0.15) is 0 Å². The average molecular weight is 260 g/mol. The molecule has 1 unspecified atom stereocenters. The van der Waals surface area contributed by atoms with E-state index in [1.54, 1.807) is 6.08 Å². The van der Waals surface area contributed by atoms with E-state index in [0.29, 0.717) is 11.5 Å². The summed E-state index contributed by atoms with van der Waals surface area (Å²) in [7, 11) is 0.